The van der Waals surface area contributed by atoms with Crippen LogP contribution in [0.15, 0.2) is 30.3 Å². The zero-order chi connectivity index (χ0) is 15.9. The first-order valence-electron chi connectivity index (χ1n) is 7.46. The number of hydrogen-bond acceptors (Lipinski definition) is 4. The van der Waals surface area contributed by atoms with Crippen LogP contribution in [-0.4, -0.2) is 40.0 Å². The van der Waals surface area contributed by atoms with Crippen LogP contribution in [0.3, 0.4) is 0 Å². The molecule has 6 nitrogen and oxygen atoms in total. The molecule has 2 rings (SSSR count). The van der Waals surface area contributed by atoms with Crippen molar-refractivity contribution in [2.75, 3.05) is 13.2 Å². The third kappa shape index (κ3) is 3.92. The third-order valence-corrected chi connectivity index (χ3v) is 3.89. The Morgan fingerprint density at radius 2 is 2.23 bits per heavy atom. The first-order chi connectivity index (χ1) is 10.6. The minimum atomic E-state index is -0.454. The standard InChI is InChI=1S/C16H20N2O4/c19-12-4-7-14-6-3-11-17(14)16(20)10-9-13-5-1-2-8-15(13)18(21)22/h1-2,5,8-10,14,19H,3-4,6-7,11-12H2/b10-9+. The molecule has 0 radical (unpaired) electrons. The van der Waals surface area contributed by atoms with E-state index in [1.807, 2.05) is 0 Å². The Bertz CT molecular complexity index is 571. The van der Waals surface area contributed by atoms with Crippen molar-refractivity contribution < 1.29 is 14.8 Å². The molecular weight excluding hydrogens is 284 g/mol. The molecule has 1 aromatic rings. The molecule has 1 aliphatic rings. The van der Waals surface area contributed by atoms with Gasteiger partial charge in [-0.15, -0.1) is 0 Å². The van der Waals surface area contributed by atoms with Gasteiger partial charge in [0, 0.05) is 31.3 Å². The number of hydrogen-bond donors (Lipinski definition) is 1. The predicted octanol–water partition coefficient (Wildman–Crippen LogP) is 2.37. The maximum Gasteiger partial charge on any atom is 0.276 e. The fourth-order valence-corrected chi connectivity index (χ4v) is 2.80. The molecule has 22 heavy (non-hydrogen) atoms. The summed E-state index contributed by atoms with van der Waals surface area (Å²) in [4.78, 5) is 24.6. The lowest BCUT2D eigenvalue weighted by atomic mass is 10.1. The maximum atomic E-state index is 12.3. The summed E-state index contributed by atoms with van der Waals surface area (Å²) in [5, 5.41) is 19.9. The second-order valence-corrected chi connectivity index (χ2v) is 5.34. The van der Waals surface area contributed by atoms with Gasteiger partial charge in [-0.2, -0.15) is 0 Å². The molecular formula is C16H20N2O4. The Morgan fingerprint density at radius 1 is 1.45 bits per heavy atom. The number of nitro benzene ring substituents is 1. The van der Waals surface area contributed by atoms with Gasteiger partial charge in [0.25, 0.3) is 5.69 Å². The smallest absolute Gasteiger partial charge is 0.276 e. The fourth-order valence-electron chi connectivity index (χ4n) is 2.80. The molecule has 118 valence electrons. The zero-order valence-corrected chi connectivity index (χ0v) is 12.4. The van der Waals surface area contributed by atoms with Crippen molar-refractivity contribution in [3.05, 3.63) is 46.0 Å². The van der Waals surface area contributed by atoms with Crippen molar-refractivity contribution in [2.24, 2.45) is 0 Å². The lowest BCUT2D eigenvalue weighted by Gasteiger charge is -2.23. The number of aliphatic hydroxyl groups is 1. The predicted molar refractivity (Wildman–Crippen MR) is 83.2 cm³/mol. The van der Waals surface area contributed by atoms with E-state index in [9.17, 15) is 14.9 Å². The highest BCUT2D eigenvalue weighted by molar-refractivity contribution is 5.92. The quantitative estimate of drug-likeness (QED) is 0.497. The topological polar surface area (TPSA) is 83.7 Å². The summed E-state index contributed by atoms with van der Waals surface area (Å²) in [7, 11) is 0. The van der Waals surface area contributed by atoms with Crippen molar-refractivity contribution in [2.45, 2.75) is 31.7 Å². The lowest BCUT2D eigenvalue weighted by molar-refractivity contribution is -0.385. The summed E-state index contributed by atoms with van der Waals surface area (Å²) in [6.07, 6.45) is 6.29. The van der Waals surface area contributed by atoms with Gasteiger partial charge in [-0.1, -0.05) is 12.1 Å². The van der Waals surface area contributed by atoms with Gasteiger partial charge in [0.2, 0.25) is 5.91 Å². The van der Waals surface area contributed by atoms with Crippen LogP contribution in [0, 0.1) is 10.1 Å². The van der Waals surface area contributed by atoms with Gasteiger partial charge in [-0.05, 0) is 37.8 Å². The number of carbonyl (C=O) groups excluding carboxylic acids is 1. The average Bonchev–Trinajstić information content (AvgIpc) is 2.99. The maximum absolute atomic E-state index is 12.3. The Morgan fingerprint density at radius 3 is 2.95 bits per heavy atom. The Labute approximate surface area is 129 Å². The van der Waals surface area contributed by atoms with Crippen molar-refractivity contribution in [3.63, 3.8) is 0 Å². The van der Waals surface area contributed by atoms with Crippen molar-refractivity contribution in [1.82, 2.24) is 4.90 Å². The van der Waals surface area contributed by atoms with Crippen LogP contribution in [-0.2, 0) is 4.79 Å². The lowest BCUT2D eigenvalue weighted by Crippen LogP contribution is -2.34. The third-order valence-electron chi connectivity index (χ3n) is 3.89. The number of rotatable bonds is 6. The number of nitro groups is 1. The van der Waals surface area contributed by atoms with Crippen LogP contribution in [0.2, 0.25) is 0 Å². The molecule has 0 bridgehead atoms. The first kappa shape index (κ1) is 16.2. The summed E-state index contributed by atoms with van der Waals surface area (Å²) in [5.41, 5.74) is 0.414. The summed E-state index contributed by atoms with van der Waals surface area (Å²) < 4.78 is 0. The average molecular weight is 304 g/mol. The van der Waals surface area contributed by atoms with Crippen LogP contribution >= 0.6 is 0 Å². The van der Waals surface area contributed by atoms with Crippen LogP contribution in [0.5, 0.6) is 0 Å². The number of amides is 1. The number of likely N-dealkylation sites (tertiary alicyclic amines) is 1. The van der Waals surface area contributed by atoms with Gasteiger partial charge < -0.3 is 10.0 Å². The molecule has 1 heterocycles. The molecule has 1 saturated heterocycles. The van der Waals surface area contributed by atoms with Crippen molar-refractivity contribution in [3.8, 4) is 0 Å². The number of benzene rings is 1. The second kappa shape index (κ2) is 7.70. The second-order valence-electron chi connectivity index (χ2n) is 5.34. The zero-order valence-electron chi connectivity index (χ0n) is 12.4. The van der Waals surface area contributed by atoms with Gasteiger partial charge in [0.1, 0.15) is 0 Å². The molecule has 6 heteroatoms. The first-order valence-corrected chi connectivity index (χ1v) is 7.46. The van der Waals surface area contributed by atoms with Gasteiger partial charge in [0.15, 0.2) is 0 Å². The van der Waals surface area contributed by atoms with Crippen LogP contribution in [0.1, 0.15) is 31.2 Å². The molecule has 1 unspecified atom stereocenters. The molecule has 0 aliphatic carbocycles. The van der Waals surface area contributed by atoms with Crippen molar-refractivity contribution >= 4 is 17.7 Å². The molecule has 1 amide bonds. The number of carbonyl (C=O) groups is 1. The highest BCUT2D eigenvalue weighted by Crippen LogP contribution is 2.23. The van der Waals surface area contributed by atoms with E-state index in [2.05, 4.69) is 0 Å². The normalized spacial score (nSPS) is 18.0. The van der Waals surface area contributed by atoms with E-state index in [1.54, 1.807) is 23.1 Å². The molecule has 1 fully saturated rings. The van der Waals surface area contributed by atoms with E-state index in [0.717, 1.165) is 19.3 Å². The highest BCUT2D eigenvalue weighted by atomic mass is 16.6. The van der Waals surface area contributed by atoms with E-state index < -0.39 is 4.92 Å². The summed E-state index contributed by atoms with van der Waals surface area (Å²) >= 11 is 0. The van der Waals surface area contributed by atoms with Gasteiger partial charge in [0.05, 0.1) is 10.5 Å². The fraction of sp³-hybridized carbons (Fsp3) is 0.438. The minimum absolute atomic E-state index is 0.00944. The molecule has 1 aromatic carbocycles. The molecule has 0 aromatic heterocycles. The number of aliphatic hydroxyl groups excluding tert-OH is 1. The molecule has 0 spiro atoms. The molecule has 1 aliphatic heterocycles. The Hall–Kier alpha value is -2.21. The monoisotopic (exact) mass is 304 g/mol. The molecule has 1 atom stereocenters. The van der Waals surface area contributed by atoms with Crippen LogP contribution in [0.4, 0.5) is 5.69 Å². The van der Waals surface area contributed by atoms with E-state index >= 15 is 0 Å². The van der Waals surface area contributed by atoms with Crippen LogP contribution in [0.25, 0.3) is 6.08 Å². The molecule has 0 saturated carbocycles. The summed E-state index contributed by atoms with van der Waals surface area (Å²) in [6.45, 7) is 0.834. The summed E-state index contributed by atoms with van der Waals surface area (Å²) in [6, 6.07) is 6.51. The number of nitrogens with zero attached hydrogens (tertiary/aromatic N) is 2. The van der Waals surface area contributed by atoms with E-state index in [-0.39, 0.29) is 24.2 Å². The number of para-hydroxylation sites is 1. The SMILES string of the molecule is O=C(/C=C/c1ccccc1[N+](=O)[O-])N1CCCC1CCCO. The minimum Gasteiger partial charge on any atom is -0.396 e. The van der Waals surface area contributed by atoms with Gasteiger partial charge in [-0.3, -0.25) is 14.9 Å². The summed E-state index contributed by atoms with van der Waals surface area (Å²) in [5.74, 6) is -0.126. The van der Waals surface area contributed by atoms with E-state index in [1.165, 1.54) is 18.2 Å². The van der Waals surface area contributed by atoms with Gasteiger partial charge >= 0.3 is 0 Å². The largest absolute Gasteiger partial charge is 0.396 e. The molecule has 1 N–H and O–H groups in total. The van der Waals surface area contributed by atoms with E-state index in [4.69, 9.17) is 5.11 Å². The van der Waals surface area contributed by atoms with Crippen LogP contribution < -0.4 is 0 Å². The van der Waals surface area contributed by atoms with Gasteiger partial charge in [-0.25, -0.2) is 0 Å². The highest BCUT2D eigenvalue weighted by Gasteiger charge is 2.26. The van der Waals surface area contributed by atoms with Crippen molar-refractivity contribution in [1.29, 1.82) is 0 Å². The van der Waals surface area contributed by atoms with E-state index in [0.29, 0.717) is 18.5 Å². The Kier molecular flexibility index (Phi) is 5.66. The Balaban J connectivity index is 2.06.